The molecule has 0 bridgehead atoms. The van der Waals surface area contributed by atoms with Crippen LogP contribution in [-0.2, 0) is 0 Å². The third-order valence-electron chi connectivity index (χ3n) is 2.41. The Morgan fingerprint density at radius 2 is 2.21 bits per heavy atom. The van der Waals surface area contributed by atoms with Gasteiger partial charge in [-0.2, -0.15) is 5.26 Å². The van der Waals surface area contributed by atoms with Crippen LogP contribution in [-0.4, -0.2) is 6.10 Å². The van der Waals surface area contributed by atoms with Crippen molar-refractivity contribution >= 4 is 15.9 Å². The van der Waals surface area contributed by atoms with Crippen molar-refractivity contribution in [1.29, 1.82) is 5.26 Å². The summed E-state index contributed by atoms with van der Waals surface area (Å²) in [5, 5.41) is 8.90. The van der Waals surface area contributed by atoms with Crippen molar-refractivity contribution in [3.63, 3.8) is 0 Å². The SMILES string of the molecule is N#Cc1cc(Br)ccc1OC1CCC1. The fourth-order valence-corrected chi connectivity index (χ4v) is 1.72. The molecule has 0 heterocycles. The first-order chi connectivity index (χ1) is 6.79. The molecule has 3 heteroatoms. The molecular formula is C11H10BrNO. The van der Waals surface area contributed by atoms with E-state index in [0.29, 0.717) is 17.4 Å². The molecule has 0 radical (unpaired) electrons. The Morgan fingerprint density at radius 3 is 2.79 bits per heavy atom. The normalized spacial score (nSPS) is 15.7. The fraction of sp³-hybridized carbons (Fsp3) is 0.364. The van der Waals surface area contributed by atoms with Crippen LogP contribution in [0.2, 0.25) is 0 Å². The van der Waals surface area contributed by atoms with E-state index < -0.39 is 0 Å². The van der Waals surface area contributed by atoms with Gasteiger partial charge in [-0.15, -0.1) is 0 Å². The Hall–Kier alpha value is -1.01. The highest BCUT2D eigenvalue weighted by Crippen LogP contribution is 2.28. The van der Waals surface area contributed by atoms with Crippen molar-refractivity contribution in [3.05, 3.63) is 28.2 Å². The number of hydrogen-bond donors (Lipinski definition) is 0. The zero-order valence-electron chi connectivity index (χ0n) is 7.66. The lowest BCUT2D eigenvalue weighted by molar-refractivity contribution is 0.120. The zero-order valence-corrected chi connectivity index (χ0v) is 9.25. The van der Waals surface area contributed by atoms with Crippen molar-refractivity contribution in [2.24, 2.45) is 0 Å². The minimum atomic E-state index is 0.322. The maximum atomic E-state index is 8.90. The third kappa shape index (κ3) is 1.91. The third-order valence-corrected chi connectivity index (χ3v) is 2.90. The van der Waals surface area contributed by atoms with Gasteiger partial charge >= 0.3 is 0 Å². The zero-order chi connectivity index (χ0) is 9.97. The first kappa shape index (κ1) is 9.54. The van der Waals surface area contributed by atoms with Crippen LogP contribution in [0.5, 0.6) is 5.75 Å². The van der Waals surface area contributed by atoms with Crippen LogP contribution in [0.4, 0.5) is 0 Å². The van der Waals surface area contributed by atoms with Gasteiger partial charge in [0.15, 0.2) is 0 Å². The first-order valence-corrected chi connectivity index (χ1v) is 5.45. The Labute approximate surface area is 91.6 Å². The topological polar surface area (TPSA) is 33.0 Å². The van der Waals surface area contributed by atoms with Gasteiger partial charge in [-0.3, -0.25) is 0 Å². The molecule has 1 aromatic rings. The number of nitriles is 1. The summed E-state index contributed by atoms with van der Waals surface area (Å²) in [6, 6.07) is 7.67. The monoisotopic (exact) mass is 251 g/mol. The second kappa shape index (κ2) is 4.02. The summed E-state index contributed by atoms with van der Waals surface area (Å²) in [7, 11) is 0. The highest BCUT2D eigenvalue weighted by atomic mass is 79.9. The van der Waals surface area contributed by atoms with E-state index in [1.165, 1.54) is 6.42 Å². The van der Waals surface area contributed by atoms with Gasteiger partial charge in [0.05, 0.1) is 11.7 Å². The largest absolute Gasteiger partial charge is 0.489 e. The molecular weight excluding hydrogens is 242 g/mol. The molecule has 0 spiro atoms. The van der Waals surface area contributed by atoms with Gasteiger partial charge < -0.3 is 4.74 Å². The van der Waals surface area contributed by atoms with Crippen molar-refractivity contribution in [2.45, 2.75) is 25.4 Å². The Bertz CT molecular complexity index is 379. The molecule has 0 aromatic heterocycles. The maximum absolute atomic E-state index is 8.90. The molecule has 72 valence electrons. The number of hydrogen-bond acceptors (Lipinski definition) is 2. The van der Waals surface area contributed by atoms with E-state index >= 15 is 0 Å². The number of ether oxygens (including phenoxy) is 1. The van der Waals surface area contributed by atoms with E-state index in [4.69, 9.17) is 10.00 Å². The summed E-state index contributed by atoms with van der Waals surface area (Å²) in [4.78, 5) is 0. The van der Waals surface area contributed by atoms with Gasteiger partial charge in [-0.25, -0.2) is 0 Å². The molecule has 0 amide bonds. The number of rotatable bonds is 2. The molecule has 2 nitrogen and oxygen atoms in total. The van der Waals surface area contributed by atoms with Crippen LogP contribution < -0.4 is 4.74 Å². The van der Waals surface area contributed by atoms with Gasteiger partial charge in [0.2, 0.25) is 0 Å². The summed E-state index contributed by atoms with van der Waals surface area (Å²) in [6.07, 6.45) is 3.79. The second-order valence-electron chi connectivity index (χ2n) is 3.42. The molecule has 0 N–H and O–H groups in total. The lowest BCUT2D eigenvalue weighted by Gasteiger charge is -2.26. The van der Waals surface area contributed by atoms with Crippen LogP contribution in [0, 0.1) is 11.3 Å². The molecule has 1 aliphatic carbocycles. The van der Waals surface area contributed by atoms with Crippen LogP contribution in [0.1, 0.15) is 24.8 Å². The Kier molecular flexibility index (Phi) is 2.74. The molecule has 2 rings (SSSR count). The predicted octanol–water partition coefficient (Wildman–Crippen LogP) is 3.25. The highest BCUT2D eigenvalue weighted by Gasteiger charge is 2.20. The second-order valence-corrected chi connectivity index (χ2v) is 4.34. The van der Waals surface area contributed by atoms with Crippen molar-refractivity contribution in [2.75, 3.05) is 0 Å². The molecule has 1 aromatic carbocycles. The van der Waals surface area contributed by atoms with Crippen molar-refractivity contribution < 1.29 is 4.74 Å². The lowest BCUT2D eigenvalue weighted by Crippen LogP contribution is -2.24. The smallest absolute Gasteiger partial charge is 0.137 e. The van der Waals surface area contributed by atoms with Gasteiger partial charge in [0, 0.05) is 4.47 Å². The van der Waals surface area contributed by atoms with Crippen LogP contribution in [0.25, 0.3) is 0 Å². The van der Waals surface area contributed by atoms with E-state index in [0.717, 1.165) is 17.3 Å². The molecule has 0 aliphatic heterocycles. The average Bonchev–Trinajstić information content (AvgIpc) is 2.13. The summed E-state index contributed by atoms with van der Waals surface area (Å²) < 4.78 is 6.60. The highest BCUT2D eigenvalue weighted by molar-refractivity contribution is 9.10. The number of benzene rings is 1. The standard InChI is InChI=1S/C11H10BrNO/c12-9-4-5-11(8(6-9)7-13)14-10-2-1-3-10/h4-6,10H,1-3H2. The minimum absolute atomic E-state index is 0.322. The van der Waals surface area contributed by atoms with Crippen LogP contribution in [0.15, 0.2) is 22.7 Å². The average molecular weight is 252 g/mol. The molecule has 1 aliphatic rings. The molecule has 14 heavy (non-hydrogen) atoms. The summed E-state index contributed by atoms with van der Waals surface area (Å²) in [5.74, 6) is 0.709. The van der Waals surface area contributed by atoms with Crippen molar-refractivity contribution in [1.82, 2.24) is 0 Å². The molecule has 1 saturated carbocycles. The lowest BCUT2D eigenvalue weighted by atomic mass is 9.96. The Balaban J connectivity index is 2.19. The van der Waals surface area contributed by atoms with Crippen LogP contribution >= 0.6 is 15.9 Å². The number of nitrogens with zero attached hydrogens (tertiary/aromatic N) is 1. The maximum Gasteiger partial charge on any atom is 0.137 e. The first-order valence-electron chi connectivity index (χ1n) is 4.66. The summed E-state index contributed by atoms with van der Waals surface area (Å²) in [6.45, 7) is 0. The van der Waals surface area contributed by atoms with Gasteiger partial charge in [0.25, 0.3) is 0 Å². The molecule has 1 fully saturated rings. The van der Waals surface area contributed by atoms with Gasteiger partial charge in [-0.1, -0.05) is 15.9 Å². The van der Waals surface area contributed by atoms with E-state index in [1.54, 1.807) is 6.07 Å². The minimum Gasteiger partial charge on any atom is -0.489 e. The fourth-order valence-electron chi connectivity index (χ4n) is 1.36. The van der Waals surface area contributed by atoms with Crippen molar-refractivity contribution in [3.8, 4) is 11.8 Å². The molecule has 0 atom stereocenters. The quantitative estimate of drug-likeness (QED) is 0.809. The van der Waals surface area contributed by atoms with Gasteiger partial charge in [0.1, 0.15) is 11.8 Å². The number of halogens is 1. The predicted molar refractivity (Wildman–Crippen MR) is 57.1 cm³/mol. The van der Waals surface area contributed by atoms with E-state index in [2.05, 4.69) is 22.0 Å². The summed E-state index contributed by atoms with van der Waals surface area (Å²) >= 11 is 3.33. The van der Waals surface area contributed by atoms with E-state index in [9.17, 15) is 0 Å². The van der Waals surface area contributed by atoms with Gasteiger partial charge in [-0.05, 0) is 37.5 Å². The van der Waals surface area contributed by atoms with E-state index in [1.807, 2.05) is 12.1 Å². The molecule has 0 unspecified atom stereocenters. The van der Waals surface area contributed by atoms with E-state index in [-0.39, 0.29) is 0 Å². The molecule has 0 saturated heterocycles. The summed E-state index contributed by atoms with van der Waals surface area (Å²) in [5.41, 5.74) is 0.603. The van der Waals surface area contributed by atoms with Crippen LogP contribution in [0.3, 0.4) is 0 Å². The Morgan fingerprint density at radius 1 is 1.43 bits per heavy atom.